The Bertz CT molecular complexity index is 745. The molecule has 1 saturated carbocycles. The number of aryl methyl sites for hydroxylation is 1. The summed E-state index contributed by atoms with van der Waals surface area (Å²) in [6.45, 7) is 6.22. The standard InChI is InChI=1S/C18H24BrN5O.HI/c1-3-20-17(21-10-7-16-23-13(2)24-25-16)22-12-18(8-9-18)14-5-4-6-15(19)11-14;/h4-6,11H,3,7-10,12H2,1-2H3,(H2,20,21,22);1H. The van der Waals surface area contributed by atoms with Crippen LogP contribution in [0.2, 0.25) is 0 Å². The van der Waals surface area contributed by atoms with Crippen molar-refractivity contribution in [3.8, 4) is 0 Å². The normalized spacial score (nSPS) is 15.3. The van der Waals surface area contributed by atoms with Crippen molar-refractivity contribution >= 4 is 45.9 Å². The van der Waals surface area contributed by atoms with Gasteiger partial charge in [-0.1, -0.05) is 33.2 Å². The second-order valence-electron chi connectivity index (χ2n) is 6.40. The second-order valence-corrected chi connectivity index (χ2v) is 7.31. The first-order valence-electron chi connectivity index (χ1n) is 8.69. The molecule has 0 radical (unpaired) electrons. The van der Waals surface area contributed by atoms with Crippen molar-refractivity contribution in [3.63, 3.8) is 0 Å². The summed E-state index contributed by atoms with van der Waals surface area (Å²) in [7, 11) is 0. The highest BCUT2D eigenvalue weighted by Crippen LogP contribution is 2.48. The van der Waals surface area contributed by atoms with E-state index in [1.54, 1.807) is 0 Å². The summed E-state index contributed by atoms with van der Waals surface area (Å²) < 4.78 is 6.26. The van der Waals surface area contributed by atoms with E-state index in [1.807, 2.05) is 6.92 Å². The molecular weight excluding hydrogens is 509 g/mol. The lowest BCUT2D eigenvalue weighted by molar-refractivity contribution is 0.374. The minimum absolute atomic E-state index is 0. The molecule has 2 N–H and O–H groups in total. The predicted octanol–water partition coefficient (Wildman–Crippen LogP) is 3.59. The van der Waals surface area contributed by atoms with Crippen molar-refractivity contribution in [2.45, 2.75) is 38.5 Å². The Morgan fingerprint density at radius 1 is 1.35 bits per heavy atom. The van der Waals surface area contributed by atoms with Gasteiger partial charge in [0.05, 0.1) is 6.54 Å². The maximum atomic E-state index is 5.13. The minimum atomic E-state index is 0. The smallest absolute Gasteiger partial charge is 0.228 e. The van der Waals surface area contributed by atoms with E-state index < -0.39 is 0 Å². The third kappa shape index (κ3) is 5.67. The molecule has 6 nitrogen and oxygen atoms in total. The Kier molecular flexibility index (Phi) is 7.87. The maximum Gasteiger partial charge on any atom is 0.228 e. The monoisotopic (exact) mass is 533 g/mol. The van der Waals surface area contributed by atoms with Crippen molar-refractivity contribution in [2.75, 3.05) is 19.6 Å². The molecule has 0 saturated heterocycles. The molecule has 8 heteroatoms. The number of halogens is 2. The molecule has 0 unspecified atom stereocenters. The maximum absolute atomic E-state index is 5.13. The van der Waals surface area contributed by atoms with Crippen LogP contribution < -0.4 is 10.6 Å². The SMILES string of the molecule is CCNC(=NCC1(c2cccc(Br)c2)CC1)NCCc1nc(C)no1.I. The molecule has 0 spiro atoms. The van der Waals surface area contributed by atoms with Crippen LogP contribution in [0.3, 0.4) is 0 Å². The van der Waals surface area contributed by atoms with E-state index in [-0.39, 0.29) is 29.4 Å². The average molecular weight is 534 g/mol. The summed E-state index contributed by atoms with van der Waals surface area (Å²) >= 11 is 3.56. The van der Waals surface area contributed by atoms with Crippen molar-refractivity contribution < 1.29 is 4.52 Å². The lowest BCUT2D eigenvalue weighted by Crippen LogP contribution is -2.39. The van der Waals surface area contributed by atoms with Gasteiger partial charge in [0.2, 0.25) is 5.89 Å². The van der Waals surface area contributed by atoms with Crippen LogP contribution in [0.15, 0.2) is 38.3 Å². The van der Waals surface area contributed by atoms with Crippen molar-refractivity contribution in [1.29, 1.82) is 0 Å². The van der Waals surface area contributed by atoms with E-state index >= 15 is 0 Å². The van der Waals surface area contributed by atoms with E-state index in [0.29, 0.717) is 24.7 Å². The summed E-state index contributed by atoms with van der Waals surface area (Å²) in [5.41, 5.74) is 1.55. The molecular formula is C18H25BrIN5O. The van der Waals surface area contributed by atoms with Crippen LogP contribution in [0, 0.1) is 6.92 Å². The van der Waals surface area contributed by atoms with E-state index in [4.69, 9.17) is 9.52 Å². The molecule has 0 aliphatic heterocycles. The zero-order valence-electron chi connectivity index (χ0n) is 15.1. The van der Waals surface area contributed by atoms with Gasteiger partial charge in [-0.25, -0.2) is 0 Å². The number of guanidine groups is 1. The molecule has 1 aromatic carbocycles. The van der Waals surface area contributed by atoms with Crippen LogP contribution >= 0.6 is 39.9 Å². The third-order valence-corrected chi connectivity index (χ3v) is 4.87. The van der Waals surface area contributed by atoms with Crippen LogP contribution in [0.5, 0.6) is 0 Å². The molecule has 0 amide bonds. The fraction of sp³-hybridized carbons (Fsp3) is 0.500. The summed E-state index contributed by atoms with van der Waals surface area (Å²) in [6, 6.07) is 8.57. The highest BCUT2D eigenvalue weighted by Gasteiger charge is 2.44. The second kappa shape index (κ2) is 9.68. The summed E-state index contributed by atoms with van der Waals surface area (Å²) in [6.07, 6.45) is 3.06. The van der Waals surface area contributed by atoms with E-state index in [9.17, 15) is 0 Å². The first-order valence-corrected chi connectivity index (χ1v) is 9.48. The molecule has 2 aromatic rings. The topological polar surface area (TPSA) is 75.3 Å². The fourth-order valence-electron chi connectivity index (χ4n) is 2.81. The van der Waals surface area contributed by atoms with Crippen LogP contribution in [-0.2, 0) is 11.8 Å². The molecule has 0 bridgehead atoms. The van der Waals surface area contributed by atoms with Crippen molar-refractivity contribution in [3.05, 3.63) is 46.0 Å². The Balaban J connectivity index is 0.00000243. The van der Waals surface area contributed by atoms with Crippen LogP contribution in [0.1, 0.15) is 37.0 Å². The van der Waals surface area contributed by atoms with E-state index in [2.05, 4.69) is 67.9 Å². The molecule has 3 rings (SSSR count). The molecule has 1 aliphatic rings. The molecule has 1 heterocycles. The van der Waals surface area contributed by atoms with Gasteiger partial charge in [0.15, 0.2) is 11.8 Å². The third-order valence-electron chi connectivity index (χ3n) is 4.38. The number of aliphatic imine (C=N–C) groups is 1. The van der Waals surface area contributed by atoms with Gasteiger partial charge in [-0.05, 0) is 44.4 Å². The number of aromatic nitrogens is 2. The lowest BCUT2D eigenvalue weighted by Gasteiger charge is -2.16. The Hall–Kier alpha value is -1.16. The summed E-state index contributed by atoms with van der Waals surface area (Å²) in [5.74, 6) is 2.15. The predicted molar refractivity (Wildman–Crippen MR) is 117 cm³/mol. The summed E-state index contributed by atoms with van der Waals surface area (Å²) in [4.78, 5) is 9.02. The summed E-state index contributed by atoms with van der Waals surface area (Å²) in [5, 5.41) is 10.4. The Labute approximate surface area is 179 Å². The lowest BCUT2D eigenvalue weighted by atomic mass is 9.96. The van der Waals surface area contributed by atoms with Crippen molar-refractivity contribution in [1.82, 2.24) is 20.8 Å². The van der Waals surface area contributed by atoms with Crippen molar-refractivity contribution in [2.24, 2.45) is 4.99 Å². The molecule has 1 fully saturated rings. The van der Waals surface area contributed by atoms with Crippen LogP contribution in [0.25, 0.3) is 0 Å². The number of rotatable bonds is 7. The minimum Gasteiger partial charge on any atom is -0.357 e. The molecule has 0 atom stereocenters. The highest BCUT2D eigenvalue weighted by molar-refractivity contribution is 14.0. The van der Waals surface area contributed by atoms with Gasteiger partial charge in [0, 0.05) is 29.4 Å². The number of nitrogens with zero attached hydrogens (tertiary/aromatic N) is 3. The van der Waals surface area contributed by atoms with Gasteiger partial charge >= 0.3 is 0 Å². The Morgan fingerprint density at radius 3 is 2.77 bits per heavy atom. The van der Waals surface area contributed by atoms with Gasteiger partial charge in [-0.15, -0.1) is 24.0 Å². The highest BCUT2D eigenvalue weighted by atomic mass is 127. The fourth-order valence-corrected chi connectivity index (χ4v) is 3.21. The molecule has 1 aromatic heterocycles. The van der Waals surface area contributed by atoms with E-state index in [1.165, 1.54) is 18.4 Å². The average Bonchev–Trinajstić information content (AvgIpc) is 3.28. The number of hydrogen-bond acceptors (Lipinski definition) is 4. The van der Waals surface area contributed by atoms with Gasteiger partial charge in [0.1, 0.15) is 0 Å². The van der Waals surface area contributed by atoms with Crippen LogP contribution in [-0.4, -0.2) is 35.7 Å². The largest absolute Gasteiger partial charge is 0.357 e. The molecule has 26 heavy (non-hydrogen) atoms. The first kappa shape index (κ1) is 21.1. The quantitative estimate of drug-likeness (QED) is 0.323. The van der Waals surface area contributed by atoms with E-state index in [0.717, 1.165) is 23.5 Å². The zero-order chi connectivity index (χ0) is 17.7. The number of hydrogen-bond donors (Lipinski definition) is 2. The van der Waals surface area contributed by atoms with Crippen LogP contribution in [0.4, 0.5) is 0 Å². The van der Waals surface area contributed by atoms with Gasteiger partial charge in [-0.3, -0.25) is 4.99 Å². The zero-order valence-corrected chi connectivity index (χ0v) is 19.0. The molecule has 142 valence electrons. The van der Waals surface area contributed by atoms with Gasteiger partial charge in [0.25, 0.3) is 0 Å². The van der Waals surface area contributed by atoms with Gasteiger partial charge < -0.3 is 15.2 Å². The molecule has 1 aliphatic carbocycles. The number of benzene rings is 1. The Morgan fingerprint density at radius 2 is 2.15 bits per heavy atom. The number of nitrogens with one attached hydrogen (secondary N) is 2. The first-order chi connectivity index (χ1) is 12.1. The van der Waals surface area contributed by atoms with Gasteiger partial charge in [-0.2, -0.15) is 4.98 Å².